The first-order valence-electron chi connectivity index (χ1n) is 12.2. The van der Waals surface area contributed by atoms with Crippen molar-refractivity contribution >= 4 is 17.4 Å². The molecule has 2 aromatic heterocycles. The van der Waals surface area contributed by atoms with Crippen LogP contribution in [0.5, 0.6) is 0 Å². The summed E-state index contributed by atoms with van der Waals surface area (Å²) in [6.07, 6.45) is 5.85. The first-order chi connectivity index (χ1) is 16.9. The number of nitrogen functional groups attached to an aromatic ring is 1. The topological polar surface area (TPSA) is 119 Å². The fraction of sp³-hybridized carbons (Fsp3) is 0.440. The number of nitrogens with two attached hydrogens (primary N) is 1. The third-order valence-electron chi connectivity index (χ3n) is 6.48. The van der Waals surface area contributed by atoms with Gasteiger partial charge in [-0.25, -0.2) is 13.9 Å². The largest absolute Gasteiger partial charge is 0.383 e. The minimum absolute atomic E-state index is 0.0357. The molecule has 0 saturated heterocycles. The molecule has 9 nitrogen and oxygen atoms in total. The number of halogens is 1. The molecule has 4 rings (SSSR count). The van der Waals surface area contributed by atoms with E-state index in [-0.39, 0.29) is 29.6 Å². The summed E-state index contributed by atoms with van der Waals surface area (Å²) in [5, 5.41) is 4.66. The van der Waals surface area contributed by atoms with E-state index in [1.807, 2.05) is 6.92 Å². The van der Waals surface area contributed by atoms with Crippen LogP contribution in [-0.4, -0.2) is 31.8 Å². The molecule has 0 spiro atoms. The average molecular weight is 483 g/mol. The number of rotatable bonds is 7. The number of carbonyl (C=O) groups excluding carboxylic acids is 1. The summed E-state index contributed by atoms with van der Waals surface area (Å²) in [6.45, 7) is 4.23. The molecule has 35 heavy (non-hydrogen) atoms. The summed E-state index contributed by atoms with van der Waals surface area (Å²) in [5.41, 5.74) is 7.60. The monoisotopic (exact) mass is 482 g/mol. The zero-order chi connectivity index (χ0) is 25.1. The van der Waals surface area contributed by atoms with Gasteiger partial charge in [0.1, 0.15) is 11.6 Å². The highest BCUT2D eigenvalue weighted by atomic mass is 19.1. The highest BCUT2D eigenvalue weighted by molar-refractivity contribution is 6.07. The number of fused-ring (bicyclic) bond motifs is 1. The van der Waals surface area contributed by atoms with Gasteiger partial charge >= 0.3 is 5.69 Å². The number of benzene rings is 1. The summed E-state index contributed by atoms with van der Waals surface area (Å²) >= 11 is 0. The van der Waals surface area contributed by atoms with Crippen LogP contribution in [0.3, 0.4) is 0 Å². The number of amides is 1. The highest BCUT2D eigenvalue weighted by Gasteiger charge is 2.30. The molecule has 10 heteroatoms. The molecule has 1 aromatic carbocycles. The van der Waals surface area contributed by atoms with Crippen molar-refractivity contribution in [3.05, 3.63) is 67.9 Å². The Balaban J connectivity index is 1.83. The molecule has 2 heterocycles. The van der Waals surface area contributed by atoms with E-state index in [0.29, 0.717) is 25.1 Å². The third kappa shape index (κ3) is 4.65. The van der Waals surface area contributed by atoms with E-state index in [1.165, 1.54) is 21.6 Å². The predicted molar refractivity (Wildman–Crippen MR) is 133 cm³/mol. The number of carbonyl (C=O) groups is 1. The van der Waals surface area contributed by atoms with Gasteiger partial charge in [0.25, 0.3) is 11.5 Å². The van der Waals surface area contributed by atoms with Crippen molar-refractivity contribution in [3.63, 3.8) is 0 Å². The fourth-order valence-electron chi connectivity index (χ4n) is 4.65. The molecule has 0 bridgehead atoms. The number of aromatic nitrogens is 4. The van der Waals surface area contributed by atoms with Crippen molar-refractivity contribution < 1.29 is 9.18 Å². The first kappa shape index (κ1) is 24.4. The smallest absolute Gasteiger partial charge is 0.330 e. The van der Waals surface area contributed by atoms with E-state index < -0.39 is 17.2 Å². The summed E-state index contributed by atoms with van der Waals surface area (Å²) < 4.78 is 16.5. The van der Waals surface area contributed by atoms with Gasteiger partial charge in [-0.1, -0.05) is 19.8 Å². The number of aromatic amines is 1. The van der Waals surface area contributed by atoms with Crippen molar-refractivity contribution in [3.8, 4) is 5.69 Å². The van der Waals surface area contributed by atoms with Gasteiger partial charge in [-0.3, -0.25) is 24.0 Å². The molecule has 1 amide bonds. The number of H-pyrrole nitrogens is 1. The fourth-order valence-corrected chi connectivity index (χ4v) is 4.65. The first-order valence-corrected chi connectivity index (χ1v) is 12.2. The van der Waals surface area contributed by atoms with Crippen LogP contribution in [-0.2, 0) is 19.4 Å². The lowest BCUT2D eigenvalue weighted by Crippen LogP contribution is -2.41. The van der Waals surface area contributed by atoms with Crippen molar-refractivity contribution in [1.29, 1.82) is 0 Å². The maximum absolute atomic E-state index is 13.9. The quantitative estimate of drug-likeness (QED) is 0.502. The van der Waals surface area contributed by atoms with Crippen molar-refractivity contribution in [1.82, 2.24) is 19.3 Å². The van der Waals surface area contributed by atoms with Gasteiger partial charge in [0.05, 0.1) is 5.69 Å². The lowest BCUT2D eigenvalue weighted by atomic mass is 10.1. The summed E-state index contributed by atoms with van der Waals surface area (Å²) in [6, 6.07) is 5.98. The van der Waals surface area contributed by atoms with Crippen LogP contribution in [0.25, 0.3) is 5.69 Å². The Kier molecular flexibility index (Phi) is 7.18. The standard InChI is InChI=1S/C25H31FN6O3/c1-3-5-15-31-22(27)21(23(33)28-25(31)35)30(4-2)24(34)20-18-9-7-6-8-10-19(18)32(29-20)17-13-11-16(26)12-14-17/h11-14H,3-10,15,27H2,1-2H3,(H,28,33,35). The van der Waals surface area contributed by atoms with Crippen LogP contribution in [0.15, 0.2) is 33.9 Å². The summed E-state index contributed by atoms with van der Waals surface area (Å²) in [5.74, 6) is -0.843. The van der Waals surface area contributed by atoms with Crippen molar-refractivity contribution in [2.24, 2.45) is 0 Å². The van der Waals surface area contributed by atoms with Crippen LogP contribution in [0, 0.1) is 5.82 Å². The molecule has 1 aliphatic carbocycles. The van der Waals surface area contributed by atoms with Gasteiger partial charge in [-0.05, 0) is 63.3 Å². The Bertz CT molecular complexity index is 1340. The Labute approximate surface area is 202 Å². The van der Waals surface area contributed by atoms with Gasteiger partial charge in [0.2, 0.25) is 0 Å². The molecule has 0 unspecified atom stereocenters. The van der Waals surface area contributed by atoms with Crippen LogP contribution in [0.4, 0.5) is 15.9 Å². The molecule has 1 aliphatic rings. The SMILES string of the molecule is CCCCn1c(N)c(N(CC)C(=O)c2nn(-c3ccc(F)cc3)c3c2CCCCC3)c(=O)[nH]c1=O. The number of unbranched alkanes of at least 4 members (excludes halogenated alkanes) is 1. The third-order valence-corrected chi connectivity index (χ3v) is 6.48. The van der Waals surface area contributed by atoms with Crippen LogP contribution in [0.1, 0.15) is 67.7 Å². The van der Waals surface area contributed by atoms with E-state index in [0.717, 1.165) is 43.4 Å². The molecule has 0 fully saturated rings. The number of anilines is 2. The van der Waals surface area contributed by atoms with E-state index in [9.17, 15) is 18.8 Å². The lowest BCUT2D eigenvalue weighted by molar-refractivity contribution is 0.0982. The Morgan fingerprint density at radius 2 is 1.86 bits per heavy atom. The van der Waals surface area contributed by atoms with Gasteiger partial charge in [0.15, 0.2) is 11.4 Å². The summed E-state index contributed by atoms with van der Waals surface area (Å²) in [4.78, 5) is 42.6. The summed E-state index contributed by atoms with van der Waals surface area (Å²) in [7, 11) is 0. The molecular formula is C25H31FN6O3. The zero-order valence-electron chi connectivity index (χ0n) is 20.1. The van der Waals surface area contributed by atoms with E-state index in [4.69, 9.17) is 5.73 Å². The van der Waals surface area contributed by atoms with Gasteiger partial charge in [-0.2, -0.15) is 5.10 Å². The number of hydrogen-bond acceptors (Lipinski definition) is 5. The molecular weight excluding hydrogens is 451 g/mol. The van der Waals surface area contributed by atoms with Crippen LogP contribution in [0.2, 0.25) is 0 Å². The molecule has 0 aliphatic heterocycles. The number of nitrogens with zero attached hydrogens (tertiary/aromatic N) is 4. The number of nitrogens with one attached hydrogen (secondary N) is 1. The highest BCUT2D eigenvalue weighted by Crippen LogP contribution is 2.29. The average Bonchev–Trinajstić information content (AvgIpc) is 3.02. The maximum Gasteiger partial charge on any atom is 0.330 e. The predicted octanol–water partition coefficient (Wildman–Crippen LogP) is 3.18. The zero-order valence-corrected chi connectivity index (χ0v) is 20.1. The molecule has 3 N–H and O–H groups in total. The second-order valence-corrected chi connectivity index (χ2v) is 8.77. The maximum atomic E-state index is 13.9. The van der Waals surface area contributed by atoms with Crippen LogP contribution < -0.4 is 21.9 Å². The Morgan fingerprint density at radius 1 is 1.14 bits per heavy atom. The van der Waals surface area contributed by atoms with Crippen LogP contribution >= 0.6 is 0 Å². The molecule has 3 aromatic rings. The lowest BCUT2D eigenvalue weighted by Gasteiger charge is -2.22. The normalized spacial score (nSPS) is 13.3. The second-order valence-electron chi connectivity index (χ2n) is 8.77. The van der Waals surface area contributed by atoms with Gasteiger partial charge in [-0.15, -0.1) is 0 Å². The minimum Gasteiger partial charge on any atom is -0.383 e. The number of hydrogen-bond donors (Lipinski definition) is 2. The van der Waals surface area contributed by atoms with Gasteiger partial charge < -0.3 is 5.73 Å². The molecule has 0 saturated carbocycles. The Hall–Kier alpha value is -3.69. The molecule has 186 valence electrons. The van der Waals surface area contributed by atoms with E-state index in [1.54, 1.807) is 23.7 Å². The minimum atomic E-state index is -0.709. The van der Waals surface area contributed by atoms with Crippen molar-refractivity contribution in [2.75, 3.05) is 17.2 Å². The van der Waals surface area contributed by atoms with E-state index >= 15 is 0 Å². The molecule has 0 atom stereocenters. The van der Waals surface area contributed by atoms with Gasteiger partial charge in [0, 0.05) is 24.3 Å². The Morgan fingerprint density at radius 3 is 2.54 bits per heavy atom. The van der Waals surface area contributed by atoms with Crippen molar-refractivity contribution in [2.45, 2.75) is 65.3 Å². The van der Waals surface area contributed by atoms with E-state index in [2.05, 4.69) is 10.1 Å². The molecule has 0 radical (unpaired) electrons. The second kappa shape index (κ2) is 10.3.